The van der Waals surface area contributed by atoms with Crippen LogP contribution < -0.4 is 0 Å². The molecule has 302 valence electrons. The topological polar surface area (TPSA) is 38.7 Å². The maximum atomic E-state index is 5.58. The second-order valence-electron chi connectivity index (χ2n) is 16.3. The van der Waals surface area contributed by atoms with Crippen molar-refractivity contribution in [3.8, 4) is 89.8 Å². The van der Waals surface area contributed by atoms with Gasteiger partial charge in [-0.05, 0) is 72.0 Å². The van der Waals surface area contributed by atoms with Crippen LogP contribution in [-0.2, 0) is 0 Å². The molecule has 9 aromatic carbocycles. The van der Waals surface area contributed by atoms with Crippen LogP contribution in [0.3, 0.4) is 0 Å². The zero-order valence-electron chi connectivity index (χ0n) is 35.5. The Balaban J connectivity index is 1.44. The van der Waals surface area contributed by atoms with Crippen LogP contribution >= 0.6 is 0 Å². The minimum absolute atomic E-state index is 0.207. The van der Waals surface area contributed by atoms with E-state index in [1.807, 2.05) is 42.5 Å². The van der Waals surface area contributed by atoms with Gasteiger partial charge in [0.15, 0.2) is 17.5 Å². The molecule has 0 radical (unpaired) electrons. The number of allylic oxidation sites excluding steroid dienone is 1. The zero-order valence-corrected chi connectivity index (χ0v) is 35.5. The average Bonchev–Trinajstić information content (AvgIpc) is 3.38. The Morgan fingerprint density at radius 1 is 0.391 bits per heavy atom. The van der Waals surface area contributed by atoms with Gasteiger partial charge < -0.3 is 0 Å². The fourth-order valence-corrected chi connectivity index (χ4v) is 9.62. The lowest BCUT2D eigenvalue weighted by Crippen LogP contribution is -2.07. The third-order valence-corrected chi connectivity index (χ3v) is 12.5. The number of rotatable bonds is 9. The van der Waals surface area contributed by atoms with Crippen LogP contribution in [0.4, 0.5) is 0 Å². The van der Waals surface area contributed by atoms with E-state index in [-0.39, 0.29) is 5.92 Å². The van der Waals surface area contributed by atoms with Gasteiger partial charge in [-0.25, -0.2) is 15.0 Å². The first-order valence-electron chi connectivity index (χ1n) is 21.9. The highest BCUT2D eigenvalue weighted by Gasteiger charge is 2.32. The second-order valence-corrected chi connectivity index (χ2v) is 16.3. The van der Waals surface area contributed by atoms with Crippen LogP contribution in [0.25, 0.3) is 113 Å². The highest BCUT2D eigenvalue weighted by atomic mass is 15.0. The summed E-state index contributed by atoms with van der Waals surface area (Å²) >= 11 is 0. The van der Waals surface area contributed by atoms with Gasteiger partial charge in [0.05, 0.1) is 0 Å². The van der Waals surface area contributed by atoms with Crippen molar-refractivity contribution >= 4 is 22.9 Å². The second kappa shape index (κ2) is 16.5. The van der Waals surface area contributed by atoms with E-state index in [1.54, 1.807) is 0 Å². The van der Waals surface area contributed by atoms with Crippen LogP contribution in [-0.4, -0.2) is 15.0 Å². The van der Waals surface area contributed by atoms with Gasteiger partial charge >= 0.3 is 0 Å². The smallest absolute Gasteiger partial charge is 0.165 e. The summed E-state index contributed by atoms with van der Waals surface area (Å²) in [6.45, 7) is 6.55. The van der Waals surface area contributed by atoms with Crippen molar-refractivity contribution in [2.24, 2.45) is 0 Å². The molecule has 1 atom stereocenters. The van der Waals surface area contributed by atoms with Gasteiger partial charge in [-0.3, -0.25) is 0 Å². The van der Waals surface area contributed by atoms with E-state index in [4.69, 9.17) is 15.0 Å². The number of benzene rings is 9. The van der Waals surface area contributed by atoms with Crippen molar-refractivity contribution in [3.63, 3.8) is 0 Å². The van der Waals surface area contributed by atoms with Crippen molar-refractivity contribution < 1.29 is 0 Å². The number of hydrogen-bond donors (Lipinski definition) is 0. The Kier molecular flexibility index (Phi) is 9.99. The lowest BCUT2D eigenvalue weighted by Gasteiger charge is -2.29. The molecule has 0 fully saturated rings. The highest BCUT2D eigenvalue weighted by Crippen LogP contribution is 2.57. The molecule has 10 aromatic rings. The molecule has 0 N–H and O–H groups in total. The summed E-state index contributed by atoms with van der Waals surface area (Å²) in [5.41, 5.74) is 17.3. The molecule has 0 amide bonds. The normalized spacial score (nSPS) is 12.9. The third-order valence-electron chi connectivity index (χ3n) is 12.5. The Hall–Kier alpha value is -8.27. The first-order chi connectivity index (χ1) is 31.7. The lowest BCUT2D eigenvalue weighted by molar-refractivity contribution is 0.976. The molecule has 0 saturated heterocycles. The van der Waals surface area contributed by atoms with Crippen LogP contribution in [0.2, 0.25) is 0 Å². The Morgan fingerprint density at radius 3 is 1.22 bits per heavy atom. The lowest BCUT2D eigenvalue weighted by atomic mass is 9.74. The quantitative estimate of drug-likeness (QED) is 0.146. The van der Waals surface area contributed by atoms with E-state index in [2.05, 4.69) is 196 Å². The summed E-state index contributed by atoms with van der Waals surface area (Å²) in [7, 11) is 0. The maximum absolute atomic E-state index is 5.58. The van der Waals surface area contributed by atoms with E-state index in [1.165, 1.54) is 21.9 Å². The summed E-state index contributed by atoms with van der Waals surface area (Å²) < 4.78 is 0. The highest BCUT2D eigenvalue weighted by molar-refractivity contribution is 6.18. The molecule has 0 saturated carbocycles. The molecule has 0 bridgehead atoms. The first kappa shape index (κ1) is 38.6. The van der Waals surface area contributed by atoms with Crippen molar-refractivity contribution in [3.05, 3.63) is 236 Å². The standard InChI is InChI=1S/C61H43N3/c1-3-41-36-38-49-50(39-37-46-35-34-40(2)51(41)52(46)49)57-55(44-26-14-6-15-27-44)53(42-22-10-4-11-23-42)54(43-24-12-5-13-25-43)56(45-28-16-7-17-29-45)58(57)61-63-59(47-30-18-8-19-31-47)62-60(64-61)48-32-20-9-21-33-48/h3-40H,1H2,2H3. The predicted molar refractivity (Wildman–Crippen MR) is 268 cm³/mol. The van der Waals surface area contributed by atoms with E-state index >= 15 is 0 Å². The molecule has 0 aliphatic heterocycles. The SMILES string of the molecule is C=Cc1ccc2c(-c3c(-c4ccccc4)c(-c4ccccc4)c(-c4ccccc4)c(-c4ccccc4)c3-c3nc(-c4ccccc4)nc(-c4ccccc4)n3)ccc3c2c1C(C)C=C3. The largest absolute Gasteiger partial charge is 0.208 e. The summed E-state index contributed by atoms with van der Waals surface area (Å²) in [5.74, 6) is 2.01. The van der Waals surface area contributed by atoms with Gasteiger partial charge in [-0.2, -0.15) is 0 Å². The summed E-state index contributed by atoms with van der Waals surface area (Å²) in [5, 5.41) is 2.41. The van der Waals surface area contributed by atoms with E-state index in [0.29, 0.717) is 17.5 Å². The molecular weight excluding hydrogens is 775 g/mol. The van der Waals surface area contributed by atoms with Gasteiger partial charge in [-0.1, -0.05) is 238 Å². The fourth-order valence-electron chi connectivity index (χ4n) is 9.62. The molecule has 0 spiro atoms. The number of nitrogens with zero attached hydrogens (tertiary/aromatic N) is 3. The van der Waals surface area contributed by atoms with Crippen molar-refractivity contribution in [1.29, 1.82) is 0 Å². The summed E-state index contributed by atoms with van der Waals surface area (Å²) in [6, 6.07) is 73.1. The molecule has 1 aliphatic rings. The molecule has 3 nitrogen and oxygen atoms in total. The third kappa shape index (κ3) is 6.75. The Labute approximate surface area is 374 Å². The Morgan fingerprint density at radius 2 is 0.781 bits per heavy atom. The molecule has 11 rings (SSSR count). The van der Waals surface area contributed by atoms with Crippen LogP contribution in [0.5, 0.6) is 0 Å². The summed E-state index contributed by atoms with van der Waals surface area (Å²) in [6.07, 6.45) is 6.59. The fraction of sp³-hybridized carbons (Fsp3) is 0.0328. The van der Waals surface area contributed by atoms with E-state index in [9.17, 15) is 0 Å². The maximum Gasteiger partial charge on any atom is 0.165 e. The van der Waals surface area contributed by atoms with Gasteiger partial charge in [0, 0.05) is 33.7 Å². The van der Waals surface area contributed by atoms with E-state index < -0.39 is 0 Å². The van der Waals surface area contributed by atoms with Crippen molar-refractivity contribution in [2.45, 2.75) is 12.8 Å². The van der Waals surface area contributed by atoms with Gasteiger partial charge in [-0.15, -0.1) is 0 Å². The van der Waals surface area contributed by atoms with Gasteiger partial charge in [0.25, 0.3) is 0 Å². The minimum Gasteiger partial charge on any atom is -0.208 e. The first-order valence-corrected chi connectivity index (χ1v) is 21.9. The zero-order chi connectivity index (χ0) is 43.0. The minimum atomic E-state index is 0.207. The molecule has 1 aliphatic carbocycles. The molecule has 3 heteroatoms. The average molecular weight is 818 g/mol. The number of aromatic nitrogens is 3. The summed E-state index contributed by atoms with van der Waals surface area (Å²) in [4.78, 5) is 16.4. The molecule has 1 heterocycles. The predicted octanol–water partition coefficient (Wildman–Crippen LogP) is 16.1. The molecule has 1 unspecified atom stereocenters. The van der Waals surface area contributed by atoms with E-state index in [0.717, 1.165) is 77.9 Å². The monoisotopic (exact) mass is 817 g/mol. The van der Waals surface area contributed by atoms with Crippen LogP contribution in [0, 0.1) is 0 Å². The number of hydrogen-bond acceptors (Lipinski definition) is 3. The van der Waals surface area contributed by atoms with Crippen LogP contribution in [0.15, 0.2) is 219 Å². The van der Waals surface area contributed by atoms with Gasteiger partial charge in [0.2, 0.25) is 0 Å². The van der Waals surface area contributed by atoms with Crippen molar-refractivity contribution in [2.75, 3.05) is 0 Å². The van der Waals surface area contributed by atoms with Crippen LogP contribution in [0.1, 0.15) is 29.5 Å². The molecule has 1 aromatic heterocycles. The molecule has 64 heavy (non-hydrogen) atoms. The van der Waals surface area contributed by atoms with Crippen molar-refractivity contribution in [1.82, 2.24) is 15.0 Å². The Bertz CT molecular complexity index is 3300. The van der Waals surface area contributed by atoms with Gasteiger partial charge in [0.1, 0.15) is 0 Å². The molecular formula is C61H43N3.